The van der Waals surface area contributed by atoms with Crippen molar-refractivity contribution < 1.29 is 4.74 Å². The van der Waals surface area contributed by atoms with Gasteiger partial charge in [-0.15, -0.1) is 24.8 Å². The van der Waals surface area contributed by atoms with E-state index in [1.807, 2.05) is 6.07 Å². The molecule has 104 valence electrons. The lowest BCUT2D eigenvalue weighted by molar-refractivity contribution is 0.0116. The van der Waals surface area contributed by atoms with Gasteiger partial charge in [-0.05, 0) is 12.5 Å². The minimum atomic E-state index is 0. The van der Waals surface area contributed by atoms with E-state index in [0.29, 0.717) is 6.04 Å². The molecule has 1 heterocycles. The summed E-state index contributed by atoms with van der Waals surface area (Å²) in [6.45, 7) is 5.65. The highest BCUT2D eigenvalue weighted by molar-refractivity contribution is 5.85. The van der Waals surface area contributed by atoms with Gasteiger partial charge < -0.3 is 10.5 Å². The Bertz CT molecular complexity index is 316. The molecule has 0 bridgehead atoms. The summed E-state index contributed by atoms with van der Waals surface area (Å²) in [4.78, 5) is 2.42. The molecule has 1 aromatic carbocycles. The second-order valence-electron chi connectivity index (χ2n) is 4.36. The summed E-state index contributed by atoms with van der Waals surface area (Å²) >= 11 is 0. The van der Waals surface area contributed by atoms with Gasteiger partial charge in [0.1, 0.15) is 0 Å². The number of nitrogens with zero attached hydrogens (tertiary/aromatic N) is 1. The molecular formula is C13H22Cl2N2O. The van der Waals surface area contributed by atoms with Crippen molar-refractivity contribution in [3.63, 3.8) is 0 Å². The molecule has 1 saturated heterocycles. The van der Waals surface area contributed by atoms with Gasteiger partial charge >= 0.3 is 0 Å². The first kappa shape index (κ1) is 17.7. The molecule has 1 fully saturated rings. The standard InChI is InChI=1S/C13H20N2O.2ClH/c1-11(14)13(12-5-3-2-4-6-12)15-7-9-16-10-8-15;;/h2-6,11,13H,7-10,14H2,1H3;2*1H. The molecule has 1 aliphatic heterocycles. The Kier molecular flexibility index (Phi) is 8.57. The van der Waals surface area contributed by atoms with Crippen molar-refractivity contribution in [3.05, 3.63) is 35.9 Å². The van der Waals surface area contributed by atoms with Crippen LogP contribution < -0.4 is 5.73 Å². The highest BCUT2D eigenvalue weighted by Crippen LogP contribution is 2.23. The zero-order chi connectivity index (χ0) is 11.4. The van der Waals surface area contributed by atoms with Crippen molar-refractivity contribution in [2.45, 2.75) is 19.0 Å². The highest BCUT2D eigenvalue weighted by atomic mass is 35.5. The molecule has 5 heteroatoms. The van der Waals surface area contributed by atoms with Crippen LogP contribution in [0.3, 0.4) is 0 Å². The summed E-state index contributed by atoms with van der Waals surface area (Å²) in [5, 5.41) is 0. The van der Waals surface area contributed by atoms with Crippen LogP contribution in [0.5, 0.6) is 0 Å². The minimum Gasteiger partial charge on any atom is -0.379 e. The van der Waals surface area contributed by atoms with Gasteiger partial charge in [-0.25, -0.2) is 0 Å². The maximum atomic E-state index is 6.12. The number of rotatable bonds is 3. The summed E-state index contributed by atoms with van der Waals surface area (Å²) < 4.78 is 5.38. The fourth-order valence-electron chi connectivity index (χ4n) is 2.35. The Morgan fingerprint density at radius 1 is 1.11 bits per heavy atom. The first-order valence-electron chi connectivity index (χ1n) is 5.91. The summed E-state index contributed by atoms with van der Waals surface area (Å²) in [6.07, 6.45) is 0. The van der Waals surface area contributed by atoms with E-state index in [-0.39, 0.29) is 30.9 Å². The van der Waals surface area contributed by atoms with Crippen LogP contribution in [0, 0.1) is 0 Å². The van der Waals surface area contributed by atoms with Crippen molar-refractivity contribution in [2.24, 2.45) is 5.73 Å². The van der Waals surface area contributed by atoms with Crippen LogP contribution in [0.4, 0.5) is 0 Å². The molecule has 0 saturated carbocycles. The van der Waals surface area contributed by atoms with Crippen molar-refractivity contribution in [1.29, 1.82) is 0 Å². The third-order valence-corrected chi connectivity index (χ3v) is 3.08. The van der Waals surface area contributed by atoms with Crippen LogP contribution >= 0.6 is 24.8 Å². The quantitative estimate of drug-likeness (QED) is 0.929. The van der Waals surface area contributed by atoms with Crippen LogP contribution in [0.2, 0.25) is 0 Å². The smallest absolute Gasteiger partial charge is 0.0594 e. The monoisotopic (exact) mass is 292 g/mol. The Morgan fingerprint density at radius 2 is 1.67 bits per heavy atom. The number of hydrogen-bond donors (Lipinski definition) is 1. The molecule has 2 N–H and O–H groups in total. The lowest BCUT2D eigenvalue weighted by Crippen LogP contribution is -2.45. The summed E-state index contributed by atoms with van der Waals surface area (Å²) in [6, 6.07) is 11.0. The van der Waals surface area contributed by atoms with E-state index in [9.17, 15) is 0 Å². The molecule has 0 aliphatic carbocycles. The van der Waals surface area contributed by atoms with Crippen LogP contribution in [0.1, 0.15) is 18.5 Å². The largest absolute Gasteiger partial charge is 0.379 e. The van der Waals surface area contributed by atoms with Gasteiger partial charge in [0.2, 0.25) is 0 Å². The molecule has 1 aromatic rings. The molecule has 0 amide bonds. The lowest BCUT2D eigenvalue weighted by atomic mass is 9.99. The zero-order valence-corrected chi connectivity index (χ0v) is 12.3. The third kappa shape index (κ3) is 4.41. The number of benzene rings is 1. The summed E-state index contributed by atoms with van der Waals surface area (Å²) in [7, 11) is 0. The Morgan fingerprint density at radius 3 is 2.17 bits per heavy atom. The lowest BCUT2D eigenvalue weighted by Gasteiger charge is -2.36. The van der Waals surface area contributed by atoms with Gasteiger partial charge in [-0.3, -0.25) is 4.90 Å². The van der Waals surface area contributed by atoms with E-state index in [2.05, 4.69) is 36.1 Å². The topological polar surface area (TPSA) is 38.5 Å². The normalized spacial score (nSPS) is 19.2. The second-order valence-corrected chi connectivity index (χ2v) is 4.36. The third-order valence-electron chi connectivity index (χ3n) is 3.08. The van der Waals surface area contributed by atoms with Crippen molar-refractivity contribution in [1.82, 2.24) is 4.90 Å². The van der Waals surface area contributed by atoms with Gasteiger partial charge in [0.05, 0.1) is 13.2 Å². The van der Waals surface area contributed by atoms with Gasteiger partial charge in [0.25, 0.3) is 0 Å². The molecule has 1 aliphatic rings. The summed E-state index contributed by atoms with van der Waals surface area (Å²) in [5.41, 5.74) is 7.42. The average Bonchev–Trinajstić information content (AvgIpc) is 2.31. The molecule has 18 heavy (non-hydrogen) atoms. The maximum Gasteiger partial charge on any atom is 0.0594 e. The van der Waals surface area contributed by atoms with Crippen LogP contribution in [-0.2, 0) is 4.74 Å². The van der Waals surface area contributed by atoms with E-state index in [0.717, 1.165) is 26.3 Å². The van der Waals surface area contributed by atoms with Crippen molar-refractivity contribution in [3.8, 4) is 0 Å². The predicted octanol–water partition coefficient (Wildman–Crippen LogP) is 2.25. The first-order valence-corrected chi connectivity index (χ1v) is 5.91. The molecule has 2 unspecified atom stereocenters. The van der Waals surface area contributed by atoms with Gasteiger partial charge in [0.15, 0.2) is 0 Å². The summed E-state index contributed by atoms with van der Waals surface area (Å²) in [5.74, 6) is 0. The Hall–Kier alpha value is -0.320. The van der Waals surface area contributed by atoms with Gasteiger partial charge in [0, 0.05) is 25.2 Å². The number of ether oxygens (including phenoxy) is 1. The molecule has 2 rings (SSSR count). The molecule has 0 radical (unpaired) electrons. The van der Waals surface area contributed by atoms with Crippen LogP contribution in [0.25, 0.3) is 0 Å². The van der Waals surface area contributed by atoms with Crippen molar-refractivity contribution >= 4 is 24.8 Å². The fourth-order valence-corrected chi connectivity index (χ4v) is 2.35. The average molecular weight is 293 g/mol. The van der Waals surface area contributed by atoms with E-state index in [1.165, 1.54) is 5.56 Å². The van der Waals surface area contributed by atoms with E-state index >= 15 is 0 Å². The maximum absolute atomic E-state index is 6.12. The van der Waals surface area contributed by atoms with Crippen LogP contribution in [-0.4, -0.2) is 37.2 Å². The molecule has 0 aromatic heterocycles. The Balaban J connectivity index is 0.00000144. The predicted molar refractivity (Wildman–Crippen MR) is 79.7 cm³/mol. The second kappa shape index (κ2) is 8.73. The van der Waals surface area contributed by atoms with E-state index < -0.39 is 0 Å². The number of hydrogen-bond acceptors (Lipinski definition) is 3. The number of nitrogens with two attached hydrogens (primary N) is 1. The molecule has 2 atom stereocenters. The van der Waals surface area contributed by atoms with Gasteiger partial charge in [-0.2, -0.15) is 0 Å². The number of halogens is 2. The van der Waals surface area contributed by atoms with E-state index in [1.54, 1.807) is 0 Å². The fraction of sp³-hybridized carbons (Fsp3) is 0.538. The Labute approximate surface area is 121 Å². The van der Waals surface area contributed by atoms with E-state index in [4.69, 9.17) is 10.5 Å². The highest BCUT2D eigenvalue weighted by Gasteiger charge is 2.25. The molecular weight excluding hydrogens is 271 g/mol. The van der Waals surface area contributed by atoms with Crippen LogP contribution in [0.15, 0.2) is 30.3 Å². The SMILES string of the molecule is CC(N)C(c1ccccc1)N1CCOCC1.Cl.Cl. The van der Waals surface area contributed by atoms with Crippen molar-refractivity contribution in [2.75, 3.05) is 26.3 Å². The first-order chi connectivity index (χ1) is 7.79. The molecule has 3 nitrogen and oxygen atoms in total. The minimum absolute atomic E-state index is 0. The zero-order valence-electron chi connectivity index (χ0n) is 10.6. The van der Waals surface area contributed by atoms with Gasteiger partial charge in [-0.1, -0.05) is 30.3 Å². The number of morpholine rings is 1. The molecule has 0 spiro atoms.